The molecule has 0 aromatic heterocycles. The van der Waals surface area contributed by atoms with Crippen molar-refractivity contribution in [2.45, 2.75) is 12.3 Å². The Kier molecular flexibility index (Phi) is 5.45. The van der Waals surface area contributed by atoms with Crippen molar-refractivity contribution in [1.82, 2.24) is 4.90 Å². The van der Waals surface area contributed by atoms with Gasteiger partial charge in [0.05, 0.1) is 18.1 Å². The van der Waals surface area contributed by atoms with E-state index < -0.39 is 5.38 Å². The molecule has 2 atom stereocenters. The minimum atomic E-state index is -0.485. The fourth-order valence-electron chi connectivity index (χ4n) is 0.897. The van der Waals surface area contributed by atoms with Gasteiger partial charge in [-0.15, -0.1) is 11.6 Å². The van der Waals surface area contributed by atoms with Crippen molar-refractivity contribution in [3.8, 4) is 12.1 Å². The Hall–Kier alpha value is -0.770. The Morgan fingerprint density at radius 1 is 1.33 bits per heavy atom. The first-order valence-electron chi connectivity index (χ1n) is 3.72. The summed E-state index contributed by atoms with van der Waals surface area (Å²) >= 11 is 5.60. The van der Waals surface area contributed by atoms with Crippen LogP contribution in [-0.4, -0.2) is 30.4 Å². The largest absolute Gasteiger partial charge is 0.303 e. The van der Waals surface area contributed by atoms with Gasteiger partial charge >= 0.3 is 0 Å². The SMILES string of the molecule is CC(C#N)CN(C)CC(Cl)C#N. The van der Waals surface area contributed by atoms with Gasteiger partial charge in [-0.3, -0.25) is 0 Å². The van der Waals surface area contributed by atoms with E-state index in [2.05, 4.69) is 6.07 Å². The Morgan fingerprint density at radius 2 is 1.92 bits per heavy atom. The van der Waals surface area contributed by atoms with Gasteiger partial charge in [0.25, 0.3) is 0 Å². The van der Waals surface area contributed by atoms with Gasteiger partial charge in [0, 0.05) is 13.1 Å². The molecule has 0 aromatic carbocycles. The maximum Gasteiger partial charge on any atom is 0.133 e. The second kappa shape index (κ2) is 5.83. The third kappa shape index (κ3) is 4.96. The predicted octanol–water partition coefficient (Wildman–Crippen LogP) is 1.21. The number of hydrogen-bond acceptors (Lipinski definition) is 3. The number of hydrogen-bond donors (Lipinski definition) is 0. The zero-order valence-corrected chi connectivity index (χ0v) is 8.04. The molecule has 12 heavy (non-hydrogen) atoms. The van der Waals surface area contributed by atoms with Crippen LogP contribution >= 0.6 is 11.6 Å². The minimum Gasteiger partial charge on any atom is -0.303 e. The Bertz CT molecular complexity index is 181. The van der Waals surface area contributed by atoms with E-state index in [0.29, 0.717) is 13.1 Å². The number of nitrogens with zero attached hydrogens (tertiary/aromatic N) is 3. The summed E-state index contributed by atoms with van der Waals surface area (Å²) in [6.07, 6.45) is 0. The summed E-state index contributed by atoms with van der Waals surface area (Å²) in [5, 5.41) is 16.4. The molecule has 0 N–H and O–H groups in total. The summed E-state index contributed by atoms with van der Waals surface area (Å²) in [4.78, 5) is 1.88. The number of rotatable bonds is 4. The average molecular weight is 186 g/mol. The molecule has 0 bridgehead atoms. The lowest BCUT2D eigenvalue weighted by Gasteiger charge is -2.17. The second-order valence-corrected chi connectivity index (χ2v) is 3.37. The van der Waals surface area contributed by atoms with Gasteiger partial charge in [-0.1, -0.05) is 0 Å². The highest BCUT2D eigenvalue weighted by Gasteiger charge is 2.09. The molecule has 0 heterocycles. The molecule has 0 fully saturated rings. The van der Waals surface area contributed by atoms with Gasteiger partial charge in [0.1, 0.15) is 5.38 Å². The van der Waals surface area contributed by atoms with Crippen molar-refractivity contribution < 1.29 is 0 Å². The standard InChI is InChI=1S/C8H12ClN3/c1-7(3-10)5-12(2)6-8(9)4-11/h7-8H,5-6H2,1-2H3. The van der Waals surface area contributed by atoms with E-state index in [9.17, 15) is 0 Å². The van der Waals surface area contributed by atoms with Crippen LogP contribution in [0.15, 0.2) is 0 Å². The number of halogens is 1. The first-order valence-corrected chi connectivity index (χ1v) is 4.15. The predicted molar refractivity (Wildman–Crippen MR) is 47.5 cm³/mol. The van der Waals surface area contributed by atoms with Gasteiger partial charge in [0.15, 0.2) is 0 Å². The molecule has 2 unspecified atom stereocenters. The molecular weight excluding hydrogens is 174 g/mol. The van der Waals surface area contributed by atoms with Crippen LogP contribution in [0.1, 0.15) is 6.92 Å². The fraction of sp³-hybridized carbons (Fsp3) is 0.750. The topological polar surface area (TPSA) is 50.8 Å². The van der Waals surface area contributed by atoms with Crippen LogP contribution in [0, 0.1) is 28.6 Å². The van der Waals surface area contributed by atoms with E-state index in [1.165, 1.54) is 0 Å². The average Bonchev–Trinajstić information content (AvgIpc) is 2.03. The zero-order valence-electron chi connectivity index (χ0n) is 7.29. The molecule has 0 saturated carbocycles. The molecule has 0 radical (unpaired) electrons. The maximum atomic E-state index is 8.50. The summed E-state index contributed by atoms with van der Waals surface area (Å²) in [7, 11) is 1.85. The molecule has 0 aliphatic heterocycles. The highest BCUT2D eigenvalue weighted by Crippen LogP contribution is 2.00. The monoisotopic (exact) mass is 185 g/mol. The van der Waals surface area contributed by atoms with Crippen molar-refractivity contribution in [3.63, 3.8) is 0 Å². The Morgan fingerprint density at radius 3 is 2.33 bits per heavy atom. The van der Waals surface area contributed by atoms with Crippen LogP contribution in [0.2, 0.25) is 0 Å². The van der Waals surface area contributed by atoms with Gasteiger partial charge < -0.3 is 4.90 Å². The maximum absolute atomic E-state index is 8.50. The van der Waals surface area contributed by atoms with Crippen molar-refractivity contribution in [2.24, 2.45) is 5.92 Å². The van der Waals surface area contributed by atoms with E-state index >= 15 is 0 Å². The first-order chi connectivity index (χ1) is 5.60. The molecule has 66 valence electrons. The van der Waals surface area contributed by atoms with Crippen molar-refractivity contribution >= 4 is 11.6 Å². The molecule has 0 amide bonds. The summed E-state index contributed by atoms with van der Waals surface area (Å²) in [5.41, 5.74) is 0. The summed E-state index contributed by atoms with van der Waals surface area (Å²) in [6.45, 7) is 3.00. The normalized spacial score (nSPS) is 14.8. The van der Waals surface area contributed by atoms with Crippen LogP contribution in [0.3, 0.4) is 0 Å². The van der Waals surface area contributed by atoms with Crippen molar-refractivity contribution in [3.05, 3.63) is 0 Å². The third-order valence-corrected chi connectivity index (χ3v) is 1.65. The van der Waals surface area contributed by atoms with Crippen LogP contribution < -0.4 is 0 Å². The molecule has 0 aliphatic carbocycles. The van der Waals surface area contributed by atoms with Crippen LogP contribution in [0.5, 0.6) is 0 Å². The zero-order chi connectivity index (χ0) is 9.56. The highest BCUT2D eigenvalue weighted by atomic mass is 35.5. The van der Waals surface area contributed by atoms with Gasteiger partial charge in [-0.2, -0.15) is 10.5 Å². The summed E-state index contributed by atoms with van der Waals surface area (Å²) in [5.74, 6) is -0.0161. The van der Waals surface area contributed by atoms with Gasteiger partial charge in [0.2, 0.25) is 0 Å². The first kappa shape index (κ1) is 11.2. The molecule has 0 spiro atoms. The number of alkyl halides is 1. The van der Waals surface area contributed by atoms with E-state index in [0.717, 1.165) is 0 Å². The van der Waals surface area contributed by atoms with Crippen molar-refractivity contribution in [2.75, 3.05) is 20.1 Å². The summed E-state index contributed by atoms with van der Waals surface area (Å²) < 4.78 is 0. The minimum absolute atomic E-state index is 0.0161. The summed E-state index contributed by atoms with van der Waals surface area (Å²) in [6, 6.07) is 4.05. The van der Waals surface area contributed by atoms with Crippen LogP contribution in [-0.2, 0) is 0 Å². The van der Waals surface area contributed by atoms with Crippen molar-refractivity contribution in [1.29, 1.82) is 10.5 Å². The lowest BCUT2D eigenvalue weighted by molar-refractivity contribution is 0.319. The van der Waals surface area contributed by atoms with E-state index in [1.807, 2.05) is 24.9 Å². The lowest BCUT2D eigenvalue weighted by Crippen LogP contribution is -2.29. The molecule has 0 rings (SSSR count). The third-order valence-electron chi connectivity index (χ3n) is 1.42. The molecule has 4 heteroatoms. The second-order valence-electron chi connectivity index (χ2n) is 2.85. The molecular formula is C8H12ClN3. The van der Waals surface area contributed by atoms with E-state index in [1.54, 1.807) is 0 Å². The van der Waals surface area contributed by atoms with Crippen LogP contribution in [0.4, 0.5) is 0 Å². The number of nitriles is 2. The van der Waals surface area contributed by atoms with Gasteiger partial charge in [-0.25, -0.2) is 0 Å². The Labute approximate surface area is 78.1 Å². The fourth-order valence-corrected chi connectivity index (χ4v) is 1.13. The quantitative estimate of drug-likeness (QED) is 0.619. The van der Waals surface area contributed by atoms with Gasteiger partial charge in [-0.05, 0) is 14.0 Å². The molecule has 0 aromatic rings. The molecule has 3 nitrogen and oxygen atoms in total. The molecule has 0 aliphatic rings. The molecule has 0 saturated heterocycles. The lowest BCUT2D eigenvalue weighted by atomic mass is 10.2. The smallest absolute Gasteiger partial charge is 0.133 e. The van der Waals surface area contributed by atoms with E-state index in [-0.39, 0.29) is 5.92 Å². The Balaban J connectivity index is 3.69. The highest BCUT2D eigenvalue weighted by molar-refractivity contribution is 6.22. The van der Waals surface area contributed by atoms with Crippen LogP contribution in [0.25, 0.3) is 0 Å². The van der Waals surface area contributed by atoms with E-state index in [4.69, 9.17) is 22.1 Å².